The Bertz CT molecular complexity index is 217. The summed E-state index contributed by atoms with van der Waals surface area (Å²) in [6.07, 6.45) is 3.67. The molecule has 0 aromatic carbocycles. The van der Waals surface area contributed by atoms with Gasteiger partial charge in [0, 0.05) is 26.7 Å². The lowest BCUT2D eigenvalue weighted by Crippen LogP contribution is -2.31. The lowest BCUT2D eigenvalue weighted by Gasteiger charge is -2.21. The maximum Gasteiger partial charge on any atom is 0.306 e. The third-order valence-electron chi connectivity index (χ3n) is 2.98. The number of piperidine rings is 1. The molecule has 1 unspecified atom stereocenters. The molecule has 1 atom stereocenters. The minimum absolute atomic E-state index is 0.107. The van der Waals surface area contributed by atoms with Crippen LogP contribution < -0.4 is 5.32 Å². The molecule has 0 radical (unpaired) electrons. The summed E-state index contributed by atoms with van der Waals surface area (Å²) in [5.74, 6) is 0.332. The van der Waals surface area contributed by atoms with Crippen molar-refractivity contribution in [2.24, 2.45) is 5.92 Å². The smallest absolute Gasteiger partial charge is 0.306 e. The van der Waals surface area contributed by atoms with Gasteiger partial charge in [-0.15, -0.1) is 0 Å². The first-order valence-corrected chi connectivity index (χ1v) is 6.76. The molecule has 1 fully saturated rings. The first-order valence-electron chi connectivity index (χ1n) is 6.76. The minimum Gasteiger partial charge on any atom is -0.463 e. The van der Waals surface area contributed by atoms with Crippen molar-refractivity contribution in [3.05, 3.63) is 0 Å². The van der Waals surface area contributed by atoms with Crippen molar-refractivity contribution in [3.8, 4) is 0 Å². The summed E-state index contributed by atoms with van der Waals surface area (Å²) >= 11 is 0. The van der Waals surface area contributed by atoms with Crippen LogP contribution in [0.3, 0.4) is 0 Å². The second-order valence-corrected chi connectivity index (χ2v) is 4.60. The van der Waals surface area contributed by atoms with E-state index in [1.54, 1.807) is 7.11 Å². The van der Waals surface area contributed by atoms with Gasteiger partial charge >= 0.3 is 5.97 Å². The van der Waals surface area contributed by atoms with Crippen molar-refractivity contribution in [1.29, 1.82) is 0 Å². The van der Waals surface area contributed by atoms with Crippen LogP contribution in [-0.4, -0.2) is 52.6 Å². The molecule has 1 heterocycles. The minimum atomic E-state index is -0.107. The number of nitrogens with one attached hydrogen (secondary N) is 1. The summed E-state index contributed by atoms with van der Waals surface area (Å²) < 4.78 is 15.3. The second-order valence-electron chi connectivity index (χ2n) is 4.60. The van der Waals surface area contributed by atoms with Crippen LogP contribution >= 0.6 is 0 Å². The topological polar surface area (TPSA) is 56.8 Å². The fraction of sp³-hybridized carbons (Fsp3) is 0.923. The molecular formula is C13H25NO4. The molecule has 5 nitrogen and oxygen atoms in total. The van der Waals surface area contributed by atoms with Gasteiger partial charge < -0.3 is 19.5 Å². The predicted molar refractivity (Wildman–Crippen MR) is 68.5 cm³/mol. The average molecular weight is 259 g/mol. The highest BCUT2D eigenvalue weighted by Crippen LogP contribution is 2.14. The van der Waals surface area contributed by atoms with E-state index in [0.717, 1.165) is 32.4 Å². The Labute approximate surface area is 109 Å². The van der Waals surface area contributed by atoms with Gasteiger partial charge in [-0.05, 0) is 38.3 Å². The number of rotatable bonds is 9. The number of hydrogen-bond acceptors (Lipinski definition) is 5. The third-order valence-corrected chi connectivity index (χ3v) is 2.98. The lowest BCUT2D eigenvalue weighted by atomic mass is 9.96. The molecule has 0 saturated carbocycles. The summed E-state index contributed by atoms with van der Waals surface area (Å²) in [6.45, 7) is 4.18. The molecule has 0 aromatic heterocycles. The van der Waals surface area contributed by atoms with E-state index in [2.05, 4.69) is 5.32 Å². The van der Waals surface area contributed by atoms with Crippen LogP contribution in [0.25, 0.3) is 0 Å². The molecular weight excluding hydrogens is 234 g/mol. The summed E-state index contributed by atoms with van der Waals surface area (Å²) in [5, 5.41) is 3.29. The van der Waals surface area contributed by atoms with E-state index in [9.17, 15) is 4.79 Å². The molecule has 1 aliphatic rings. The SMILES string of the molecule is COCCCOCCOC(=O)CC1CCCNC1. The van der Waals surface area contributed by atoms with Gasteiger partial charge in [-0.2, -0.15) is 0 Å². The van der Waals surface area contributed by atoms with Crippen molar-refractivity contribution in [2.75, 3.05) is 46.6 Å². The van der Waals surface area contributed by atoms with Crippen LogP contribution in [0.4, 0.5) is 0 Å². The zero-order chi connectivity index (χ0) is 13.1. The highest BCUT2D eigenvalue weighted by molar-refractivity contribution is 5.69. The summed E-state index contributed by atoms with van der Waals surface area (Å²) in [5.41, 5.74) is 0. The van der Waals surface area contributed by atoms with Gasteiger partial charge in [0.2, 0.25) is 0 Å². The van der Waals surface area contributed by atoms with Gasteiger partial charge in [0.15, 0.2) is 0 Å². The standard InChI is InChI=1S/C13H25NO4/c1-16-6-3-7-17-8-9-18-13(15)10-12-4-2-5-14-11-12/h12,14H,2-11H2,1H3. The molecule has 0 aliphatic carbocycles. The van der Waals surface area contributed by atoms with Gasteiger partial charge in [0.1, 0.15) is 6.61 Å². The molecule has 5 heteroatoms. The molecule has 0 spiro atoms. The van der Waals surface area contributed by atoms with Gasteiger partial charge in [-0.25, -0.2) is 0 Å². The zero-order valence-electron chi connectivity index (χ0n) is 11.3. The van der Waals surface area contributed by atoms with Gasteiger partial charge in [-0.1, -0.05) is 0 Å². The summed E-state index contributed by atoms with van der Waals surface area (Å²) in [7, 11) is 1.67. The van der Waals surface area contributed by atoms with E-state index in [0.29, 0.717) is 38.8 Å². The van der Waals surface area contributed by atoms with Crippen molar-refractivity contribution in [1.82, 2.24) is 5.32 Å². The molecule has 18 heavy (non-hydrogen) atoms. The number of methoxy groups -OCH3 is 1. The first-order chi connectivity index (χ1) is 8.83. The Morgan fingerprint density at radius 3 is 2.89 bits per heavy atom. The van der Waals surface area contributed by atoms with Crippen molar-refractivity contribution in [2.45, 2.75) is 25.7 Å². The Hall–Kier alpha value is -0.650. The van der Waals surface area contributed by atoms with E-state index < -0.39 is 0 Å². The molecule has 1 aliphatic heterocycles. The molecule has 0 amide bonds. The Morgan fingerprint density at radius 1 is 1.28 bits per heavy atom. The van der Waals surface area contributed by atoms with E-state index in [1.807, 2.05) is 0 Å². The maximum atomic E-state index is 11.5. The number of hydrogen-bond donors (Lipinski definition) is 1. The maximum absolute atomic E-state index is 11.5. The van der Waals surface area contributed by atoms with Gasteiger partial charge in [-0.3, -0.25) is 4.79 Å². The number of esters is 1. The van der Waals surface area contributed by atoms with Gasteiger partial charge in [0.25, 0.3) is 0 Å². The predicted octanol–water partition coefficient (Wildman–Crippen LogP) is 0.972. The van der Waals surface area contributed by atoms with Gasteiger partial charge in [0.05, 0.1) is 6.61 Å². The molecule has 106 valence electrons. The monoisotopic (exact) mass is 259 g/mol. The largest absolute Gasteiger partial charge is 0.463 e. The fourth-order valence-corrected chi connectivity index (χ4v) is 2.01. The summed E-state index contributed by atoms with van der Waals surface area (Å²) in [4.78, 5) is 11.5. The molecule has 1 rings (SSSR count). The van der Waals surface area contributed by atoms with E-state index >= 15 is 0 Å². The third kappa shape index (κ3) is 7.63. The number of carbonyl (C=O) groups is 1. The lowest BCUT2D eigenvalue weighted by molar-refractivity contribution is -0.146. The first kappa shape index (κ1) is 15.4. The Kier molecular flexibility index (Phi) is 8.81. The normalized spacial score (nSPS) is 19.7. The van der Waals surface area contributed by atoms with Crippen LogP contribution in [0.15, 0.2) is 0 Å². The van der Waals surface area contributed by atoms with E-state index in [1.165, 1.54) is 0 Å². The van der Waals surface area contributed by atoms with Crippen LogP contribution in [0.5, 0.6) is 0 Å². The van der Waals surface area contributed by atoms with Crippen molar-refractivity contribution < 1.29 is 19.0 Å². The van der Waals surface area contributed by atoms with Crippen molar-refractivity contribution in [3.63, 3.8) is 0 Å². The number of ether oxygens (including phenoxy) is 3. The molecule has 0 bridgehead atoms. The Morgan fingerprint density at radius 2 is 2.17 bits per heavy atom. The van der Waals surface area contributed by atoms with Crippen LogP contribution in [0.1, 0.15) is 25.7 Å². The quantitative estimate of drug-likeness (QED) is 0.494. The number of carbonyl (C=O) groups excluding carboxylic acids is 1. The van der Waals surface area contributed by atoms with Crippen LogP contribution in [-0.2, 0) is 19.0 Å². The highest BCUT2D eigenvalue weighted by Gasteiger charge is 2.17. The van der Waals surface area contributed by atoms with Crippen LogP contribution in [0, 0.1) is 5.92 Å². The molecule has 1 saturated heterocycles. The van der Waals surface area contributed by atoms with E-state index in [4.69, 9.17) is 14.2 Å². The summed E-state index contributed by atoms with van der Waals surface area (Å²) in [6, 6.07) is 0. The fourth-order valence-electron chi connectivity index (χ4n) is 2.01. The second kappa shape index (κ2) is 10.3. The van der Waals surface area contributed by atoms with E-state index in [-0.39, 0.29) is 5.97 Å². The highest BCUT2D eigenvalue weighted by atomic mass is 16.6. The Balaban J connectivity index is 1.90. The molecule has 1 N–H and O–H groups in total. The molecule has 0 aromatic rings. The zero-order valence-corrected chi connectivity index (χ0v) is 11.3. The van der Waals surface area contributed by atoms with Crippen molar-refractivity contribution >= 4 is 5.97 Å². The van der Waals surface area contributed by atoms with Crippen LogP contribution in [0.2, 0.25) is 0 Å². The average Bonchev–Trinajstić information content (AvgIpc) is 2.39.